The Balaban J connectivity index is 2.36. The van der Waals surface area contributed by atoms with Gasteiger partial charge >= 0.3 is 5.97 Å². The van der Waals surface area contributed by atoms with E-state index in [1.165, 1.54) is 18.5 Å². The minimum atomic E-state index is -0.347. The van der Waals surface area contributed by atoms with Crippen molar-refractivity contribution in [1.82, 2.24) is 4.57 Å². The second kappa shape index (κ2) is 6.60. The highest BCUT2D eigenvalue weighted by Gasteiger charge is 2.08. The van der Waals surface area contributed by atoms with Crippen LogP contribution in [-0.2, 0) is 11.3 Å². The minimum absolute atomic E-state index is 0.347. The second-order valence-corrected chi connectivity index (χ2v) is 5.32. The lowest BCUT2D eigenvalue weighted by Gasteiger charge is -2.05. The molecule has 0 radical (unpaired) electrons. The Bertz CT molecular complexity index is 727. The number of aromatic nitrogens is 1. The molecule has 0 amide bonds. The first kappa shape index (κ1) is 16.0. The maximum absolute atomic E-state index is 11.6. The molecule has 0 aliphatic rings. The van der Waals surface area contributed by atoms with Gasteiger partial charge in [-0.25, -0.2) is 4.79 Å². The van der Waals surface area contributed by atoms with Gasteiger partial charge in [-0.1, -0.05) is 6.07 Å². The van der Waals surface area contributed by atoms with Crippen LogP contribution in [0.3, 0.4) is 0 Å². The largest absolute Gasteiger partial charge is 0.465 e. The monoisotopic (exact) mass is 298 g/mol. The molecule has 0 saturated heterocycles. The molecule has 4 nitrogen and oxygen atoms in total. The summed E-state index contributed by atoms with van der Waals surface area (Å²) in [5.74, 6) is -0.347. The van der Waals surface area contributed by atoms with Crippen molar-refractivity contribution in [2.45, 2.75) is 34.2 Å². The van der Waals surface area contributed by atoms with Gasteiger partial charge in [0.25, 0.3) is 0 Å². The van der Waals surface area contributed by atoms with Crippen molar-refractivity contribution < 1.29 is 9.53 Å². The molecule has 0 unspecified atom stereocenters. The van der Waals surface area contributed by atoms with E-state index in [1.54, 1.807) is 12.1 Å². The molecule has 2 aromatic rings. The molecule has 0 fully saturated rings. The predicted molar refractivity (Wildman–Crippen MR) is 89.4 cm³/mol. The van der Waals surface area contributed by atoms with Gasteiger partial charge in [0.2, 0.25) is 0 Å². The van der Waals surface area contributed by atoms with Crippen molar-refractivity contribution in [3.63, 3.8) is 0 Å². The van der Waals surface area contributed by atoms with E-state index in [4.69, 9.17) is 4.74 Å². The average molecular weight is 298 g/mol. The first-order chi connectivity index (χ1) is 10.5. The number of rotatable bonds is 4. The Morgan fingerprint density at radius 3 is 2.59 bits per heavy atom. The van der Waals surface area contributed by atoms with Crippen LogP contribution < -0.4 is 0 Å². The van der Waals surface area contributed by atoms with Crippen LogP contribution in [0, 0.1) is 20.8 Å². The van der Waals surface area contributed by atoms with Crippen LogP contribution in [0.5, 0.6) is 0 Å². The van der Waals surface area contributed by atoms with Crippen LogP contribution in [0.1, 0.15) is 39.8 Å². The first-order valence-corrected chi connectivity index (χ1v) is 7.37. The lowest BCUT2D eigenvalue weighted by atomic mass is 10.1. The highest BCUT2D eigenvalue weighted by molar-refractivity contribution is 5.91. The van der Waals surface area contributed by atoms with Crippen molar-refractivity contribution in [3.8, 4) is 0 Å². The number of carbonyl (C=O) groups excluding carboxylic acids is 1. The zero-order chi connectivity index (χ0) is 16.3. The number of hydrogen-bond donors (Lipinski definition) is 0. The summed E-state index contributed by atoms with van der Waals surface area (Å²) in [6, 6.07) is 7.52. The van der Waals surface area contributed by atoms with Crippen LogP contribution in [-0.4, -0.2) is 23.9 Å². The molecule has 0 N–H and O–H groups in total. The van der Waals surface area contributed by atoms with E-state index in [-0.39, 0.29) is 5.97 Å². The highest BCUT2D eigenvalue weighted by Crippen LogP contribution is 2.21. The van der Waals surface area contributed by atoms with E-state index in [0.717, 1.165) is 23.4 Å². The lowest BCUT2D eigenvalue weighted by molar-refractivity contribution is 0.0601. The van der Waals surface area contributed by atoms with Gasteiger partial charge in [-0.15, -0.1) is 0 Å². The van der Waals surface area contributed by atoms with Crippen molar-refractivity contribution in [2.75, 3.05) is 7.11 Å². The van der Waals surface area contributed by atoms with Gasteiger partial charge in [0.15, 0.2) is 0 Å². The molecular weight excluding hydrogens is 276 g/mol. The normalized spacial score (nSPS) is 11.1. The van der Waals surface area contributed by atoms with E-state index in [1.807, 2.05) is 19.2 Å². The zero-order valence-corrected chi connectivity index (χ0v) is 13.8. The number of carbonyl (C=O) groups is 1. The first-order valence-electron chi connectivity index (χ1n) is 7.37. The molecule has 0 aliphatic carbocycles. The van der Waals surface area contributed by atoms with Gasteiger partial charge in [0.05, 0.1) is 18.4 Å². The van der Waals surface area contributed by atoms with Crippen LogP contribution in [0.4, 0.5) is 5.69 Å². The summed E-state index contributed by atoms with van der Waals surface area (Å²) in [5.41, 5.74) is 5.84. The van der Waals surface area contributed by atoms with E-state index < -0.39 is 0 Å². The third-order valence-electron chi connectivity index (χ3n) is 3.90. The summed E-state index contributed by atoms with van der Waals surface area (Å²) in [6.07, 6.45) is 1.86. The number of hydrogen-bond acceptors (Lipinski definition) is 3. The van der Waals surface area contributed by atoms with E-state index in [0.29, 0.717) is 5.56 Å². The summed E-state index contributed by atoms with van der Waals surface area (Å²) >= 11 is 0. The van der Waals surface area contributed by atoms with Crippen molar-refractivity contribution in [1.29, 1.82) is 0 Å². The second-order valence-electron chi connectivity index (χ2n) is 5.32. The van der Waals surface area contributed by atoms with Gasteiger partial charge in [0.1, 0.15) is 0 Å². The van der Waals surface area contributed by atoms with Crippen molar-refractivity contribution in [2.24, 2.45) is 4.99 Å². The number of methoxy groups -OCH3 is 1. The topological polar surface area (TPSA) is 43.6 Å². The fourth-order valence-electron chi connectivity index (χ4n) is 2.58. The third-order valence-corrected chi connectivity index (χ3v) is 3.90. The smallest absolute Gasteiger partial charge is 0.337 e. The molecule has 0 aliphatic heterocycles. The summed E-state index contributed by atoms with van der Waals surface area (Å²) < 4.78 is 7.00. The molecule has 1 aromatic heterocycles. The number of aliphatic imine (C=N–C) groups is 1. The number of benzene rings is 1. The van der Waals surface area contributed by atoms with Gasteiger partial charge in [-0.2, -0.15) is 0 Å². The standard InChI is InChI=1S/C18H22N2O2/c1-6-20-13(3)9-16(14(20)4)11-19-17-10-15(18(21)22-5)8-7-12(17)2/h7-11H,6H2,1-5H3. The van der Waals surface area contributed by atoms with E-state index in [2.05, 4.69) is 36.4 Å². The maximum Gasteiger partial charge on any atom is 0.337 e. The Hall–Kier alpha value is -2.36. The Morgan fingerprint density at radius 1 is 1.27 bits per heavy atom. The fraction of sp³-hybridized carbons (Fsp3) is 0.333. The van der Waals surface area contributed by atoms with Crippen molar-refractivity contribution >= 4 is 17.9 Å². The quantitative estimate of drug-likeness (QED) is 0.633. The SMILES string of the molecule is CCn1c(C)cc(C=Nc2cc(C(=O)OC)ccc2C)c1C. The molecule has 0 bridgehead atoms. The fourth-order valence-corrected chi connectivity index (χ4v) is 2.58. The third kappa shape index (κ3) is 3.11. The molecule has 1 aromatic carbocycles. The molecule has 2 rings (SSSR count). The molecule has 0 saturated carbocycles. The summed E-state index contributed by atoms with van der Waals surface area (Å²) in [6.45, 7) is 9.24. The zero-order valence-electron chi connectivity index (χ0n) is 13.8. The molecular formula is C18H22N2O2. The summed E-state index contributed by atoms with van der Waals surface area (Å²) in [4.78, 5) is 16.2. The minimum Gasteiger partial charge on any atom is -0.465 e. The van der Waals surface area contributed by atoms with Gasteiger partial charge in [-0.3, -0.25) is 4.99 Å². The van der Waals surface area contributed by atoms with Crippen LogP contribution >= 0.6 is 0 Å². The molecule has 0 atom stereocenters. The molecule has 22 heavy (non-hydrogen) atoms. The summed E-state index contributed by atoms with van der Waals surface area (Å²) in [7, 11) is 1.38. The molecule has 4 heteroatoms. The van der Waals surface area contributed by atoms with Gasteiger partial charge in [0, 0.05) is 29.7 Å². The van der Waals surface area contributed by atoms with E-state index in [9.17, 15) is 4.79 Å². The van der Waals surface area contributed by atoms with Gasteiger partial charge in [-0.05, 0) is 51.5 Å². The van der Waals surface area contributed by atoms with Crippen LogP contribution in [0.25, 0.3) is 0 Å². The maximum atomic E-state index is 11.6. The highest BCUT2D eigenvalue weighted by atomic mass is 16.5. The number of aryl methyl sites for hydroxylation is 2. The summed E-state index contributed by atoms with van der Waals surface area (Å²) in [5, 5.41) is 0. The van der Waals surface area contributed by atoms with E-state index >= 15 is 0 Å². The molecule has 0 spiro atoms. The van der Waals surface area contributed by atoms with Crippen molar-refractivity contribution in [3.05, 3.63) is 52.3 Å². The average Bonchev–Trinajstić information content (AvgIpc) is 2.79. The van der Waals surface area contributed by atoms with Crippen LogP contribution in [0.15, 0.2) is 29.3 Å². The Labute approximate surface area is 131 Å². The Kier molecular flexibility index (Phi) is 4.81. The number of ether oxygens (including phenoxy) is 1. The van der Waals surface area contributed by atoms with Gasteiger partial charge < -0.3 is 9.30 Å². The predicted octanol–water partition coefficient (Wildman–Crippen LogP) is 3.97. The molecule has 116 valence electrons. The Morgan fingerprint density at radius 2 is 2.00 bits per heavy atom. The number of nitrogens with zero attached hydrogens (tertiary/aromatic N) is 2. The number of esters is 1. The molecule has 1 heterocycles. The van der Waals surface area contributed by atoms with Crippen LogP contribution in [0.2, 0.25) is 0 Å². The lowest BCUT2D eigenvalue weighted by Crippen LogP contribution is -2.00.